The van der Waals surface area contributed by atoms with Gasteiger partial charge in [-0.3, -0.25) is 4.79 Å². The Morgan fingerprint density at radius 2 is 1.56 bits per heavy atom. The van der Waals surface area contributed by atoms with Crippen LogP contribution in [-0.2, 0) is 0 Å². The molecular weight excluding hydrogens is 338 g/mol. The SMILES string of the molecule is O=C(Nc1ccc(-c2ncc[nH]2)cc1)c1ccc(Oc2ccccc2)cc1. The molecule has 5 nitrogen and oxygen atoms in total. The zero-order valence-electron chi connectivity index (χ0n) is 14.4. The first kappa shape index (κ1) is 16.6. The second-order valence-corrected chi connectivity index (χ2v) is 5.91. The molecule has 4 aromatic rings. The van der Waals surface area contributed by atoms with Gasteiger partial charge in [0.2, 0.25) is 0 Å². The van der Waals surface area contributed by atoms with Gasteiger partial charge in [0.15, 0.2) is 0 Å². The van der Waals surface area contributed by atoms with Crippen LogP contribution < -0.4 is 10.1 Å². The third kappa shape index (κ3) is 4.04. The smallest absolute Gasteiger partial charge is 0.255 e. The van der Waals surface area contributed by atoms with Gasteiger partial charge in [-0.15, -0.1) is 0 Å². The van der Waals surface area contributed by atoms with Gasteiger partial charge >= 0.3 is 0 Å². The summed E-state index contributed by atoms with van der Waals surface area (Å²) in [5, 5.41) is 2.89. The van der Waals surface area contributed by atoms with Crippen molar-refractivity contribution in [1.29, 1.82) is 0 Å². The largest absolute Gasteiger partial charge is 0.457 e. The number of ether oxygens (including phenoxy) is 1. The number of H-pyrrole nitrogens is 1. The number of aromatic nitrogens is 2. The molecule has 0 bridgehead atoms. The molecular formula is C22H17N3O2. The van der Waals surface area contributed by atoms with Gasteiger partial charge in [-0.25, -0.2) is 4.98 Å². The molecule has 3 aromatic carbocycles. The van der Waals surface area contributed by atoms with Crippen LogP contribution in [-0.4, -0.2) is 15.9 Å². The first-order valence-corrected chi connectivity index (χ1v) is 8.52. The minimum absolute atomic E-state index is 0.174. The molecule has 0 aliphatic carbocycles. The Hall–Kier alpha value is -3.86. The molecule has 0 spiro atoms. The lowest BCUT2D eigenvalue weighted by Gasteiger charge is -2.08. The molecule has 0 saturated heterocycles. The molecule has 0 atom stereocenters. The summed E-state index contributed by atoms with van der Waals surface area (Å²) in [6, 6.07) is 24.1. The molecule has 132 valence electrons. The van der Waals surface area contributed by atoms with E-state index in [-0.39, 0.29) is 5.91 Å². The lowest BCUT2D eigenvalue weighted by atomic mass is 10.1. The maximum atomic E-state index is 12.4. The summed E-state index contributed by atoms with van der Waals surface area (Å²) in [7, 11) is 0. The standard InChI is InChI=1S/C22H17N3O2/c26-22(25-18-10-6-16(7-11-18)21-23-14-15-24-21)17-8-12-20(13-9-17)27-19-4-2-1-3-5-19/h1-15H,(H,23,24)(H,25,26). The molecule has 1 heterocycles. The van der Waals surface area contributed by atoms with Crippen LogP contribution in [0, 0.1) is 0 Å². The van der Waals surface area contributed by atoms with Crippen molar-refractivity contribution in [2.45, 2.75) is 0 Å². The molecule has 4 rings (SSSR count). The number of para-hydroxylation sites is 1. The number of nitrogens with zero attached hydrogens (tertiary/aromatic N) is 1. The van der Waals surface area contributed by atoms with Crippen LogP contribution in [0.3, 0.4) is 0 Å². The Kier molecular flexibility index (Phi) is 4.66. The molecule has 27 heavy (non-hydrogen) atoms. The summed E-state index contributed by atoms with van der Waals surface area (Å²) in [4.78, 5) is 19.7. The fraction of sp³-hybridized carbons (Fsp3) is 0. The highest BCUT2D eigenvalue weighted by Gasteiger charge is 2.07. The Balaban J connectivity index is 1.40. The number of imidazole rings is 1. The number of hydrogen-bond donors (Lipinski definition) is 2. The van der Waals surface area contributed by atoms with Gasteiger partial charge in [-0.1, -0.05) is 18.2 Å². The van der Waals surface area contributed by atoms with Crippen LogP contribution in [0.1, 0.15) is 10.4 Å². The molecule has 0 aliphatic heterocycles. The van der Waals surface area contributed by atoms with Crippen LogP contribution >= 0.6 is 0 Å². The van der Waals surface area contributed by atoms with E-state index in [1.165, 1.54) is 0 Å². The zero-order chi connectivity index (χ0) is 18.5. The Bertz CT molecular complexity index is 1010. The Morgan fingerprint density at radius 1 is 0.852 bits per heavy atom. The summed E-state index contributed by atoms with van der Waals surface area (Å²) in [5.41, 5.74) is 2.24. The fourth-order valence-electron chi connectivity index (χ4n) is 2.64. The van der Waals surface area contributed by atoms with Crippen molar-refractivity contribution in [3.05, 3.63) is 96.8 Å². The third-order valence-electron chi connectivity index (χ3n) is 4.01. The number of benzene rings is 3. The lowest BCUT2D eigenvalue weighted by molar-refractivity contribution is 0.102. The van der Waals surface area contributed by atoms with E-state index in [1.54, 1.807) is 36.7 Å². The van der Waals surface area contributed by atoms with Gasteiger partial charge in [-0.05, 0) is 60.7 Å². The van der Waals surface area contributed by atoms with E-state index in [0.29, 0.717) is 11.3 Å². The van der Waals surface area contributed by atoms with Crippen molar-refractivity contribution in [3.63, 3.8) is 0 Å². The van der Waals surface area contributed by atoms with Crippen LogP contribution in [0.15, 0.2) is 91.3 Å². The lowest BCUT2D eigenvalue weighted by Crippen LogP contribution is -2.11. The molecule has 0 unspecified atom stereocenters. The first-order valence-electron chi connectivity index (χ1n) is 8.52. The van der Waals surface area contributed by atoms with Crippen molar-refractivity contribution in [3.8, 4) is 22.9 Å². The van der Waals surface area contributed by atoms with Crippen molar-refractivity contribution >= 4 is 11.6 Å². The van der Waals surface area contributed by atoms with Crippen molar-refractivity contribution in [1.82, 2.24) is 9.97 Å². The molecule has 2 N–H and O–H groups in total. The number of anilines is 1. The second-order valence-electron chi connectivity index (χ2n) is 5.91. The fourth-order valence-corrected chi connectivity index (χ4v) is 2.64. The number of hydrogen-bond acceptors (Lipinski definition) is 3. The highest BCUT2D eigenvalue weighted by molar-refractivity contribution is 6.04. The van der Waals surface area contributed by atoms with E-state index in [4.69, 9.17) is 4.74 Å². The van der Waals surface area contributed by atoms with Crippen molar-refractivity contribution < 1.29 is 9.53 Å². The molecule has 0 fully saturated rings. The summed E-state index contributed by atoms with van der Waals surface area (Å²) in [6.07, 6.45) is 3.48. The monoisotopic (exact) mass is 355 g/mol. The second kappa shape index (κ2) is 7.58. The van der Waals surface area contributed by atoms with Gasteiger partial charge in [0.25, 0.3) is 5.91 Å². The van der Waals surface area contributed by atoms with Gasteiger partial charge < -0.3 is 15.0 Å². The number of carbonyl (C=O) groups excluding carboxylic acids is 1. The van der Waals surface area contributed by atoms with Gasteiger partial charge in [0.1, 0.15) is 17.3 Å². The average Bonchev–Trinajstić information content (AvgIpc) is 3.25. The Labute approximate surface area is 156 Å². The van der Waals surface area contributed by atoms with E-state index < -0.39 is 0 Å². The van der Waals surface area contributed by atoms with Crippen molar-refractivity contribution in [2.75, 3.05) is 5.32 Å². The molecule has 1 amide bonds. The normalized spacial score (nSPS) is 10.4. The highest BCUT2D eigenvalue weighted by Crippen LogP contribution is 2.22. The minimum atomic E-state index is -0.174. The maximum absolute atomic E-state index is 12.4. The number of aromatic amines is 1. The maximum Gasteiger partial charge on any atom is 0.255 e. The minimum Gasteiger partial charge on any atom is -0.457 e. The molecule has 0 aliphatic rings. The summed E-state index contributed by atoms with van der Waals surface area (Å²) in [6.45, 7) is 0. The molecule has 5 heteroatoms. The van der Waals surface area contributed by atoms with E-state index in [2.05, 4.69) is 15.3 Å². The van der Waals surface area contributed by atoms with Crippen LogP contribution in [0.4, 0.5) is 5.69 Å². The van der Waals surface area contributed by atoms with Crippen LogP contribution in [0.5, 0.6) is 11.5 Å². The third-order valence-corrected chi connectivity index (χ3v) is 4.01. The number of carbonyl (C=O) groups is 1. The summed E-state index contributed by atoms with van der Waals surface area (Å²) < 4.78 is 5.74. The Morgan fingerprint density at radius 3 is 2.22 bits per heavy atom. The van der Waals surface area contributed by atoms with Crippen LogP contribution in [0.25, 0.3) is 11.4 Å². The van der Waals surface area contributed by atoms with Gasteiger partial charge in [-0.2, -0.15) is 0 Å². The summed E-state index contributed by atoms with van der Waals surface area (Å²) in [5.74, 6) is 2.06. The number of nitrogens with one attached hydrogen (secondary N) is 2. The first-order chi connectivity index (χ1) is 13.3. The number of amides is 1. The van der Waals surface area contributed by atoms with E-state index >= 15 is 0 Å². The molecule has 1 aromatic heterocycles. The van der Waals surface area contributed by atoms with Crippen LogP contribution in [0.2, 0.25) is 0 Å². The molecule has 0 radical (unpaired) electrons. The predicted molar refractivity (Wildman–Crippen MR) is 105 cm³/mol. The summed E-state index contributed by atoms with van der Waals surface area (Å²) >= 11 is 0. The van der Waals surface area contributed by atoms with E-state index in [9.17, 15) is 4.79 Å². The van der Waals surface area contributed by atoms with E-state index in [0.717, 1.165) is 22.8 Å². The van der Waals surface area contributed by atoms with Gasteiger partial charge in [0.05, 0.1) is 0 Å². The molecule has 0 saturated carbocycles. The average molecular weight is 355 g/mol. The zero-order valence-corrected chi connectivity index (χ0v) is 14.4. The van der Waals surface area contributed by atoms with Crippen molar-refractivity contribution in [2.24, 2.45) is 0 Å². The highest BCUT2D eigenvalue weighted by atomic mass is 16.5. The van der Waals surface area contributed by atoms with E-state index in [1.807, 2.05) is 54.6 Å². The topological polar surface area (TPSA) is 67.0 Å². The predicted octanol–water partition coefficient (Wildman–Crippen LogP) is 5.12. The van der Waals surface area contributed by atoms with Gasteiger partial charge in [0, 0.05) is 29.2 Å². The number of rotatable bonds is 5. The quantitative estimate of drug-likeness (QED) is 0.522.